The summed E-state index contributed by atoms with van der Waals surface area (Å²) in [5, 5.41) is -0.351. The molecule has 14 heteroatoms. The molecule has 1 aliphatic carbocycles. The maximum Gasteiger partial charge on any atom is 0.432 e. The number of benzene rings is 2. The number of aromatic amines is 1. The number of halogens is 5. The van der Waals surface area contributed by atoms with Crippen molar-refractivity contribution in [3.63, 3.8) is 0 Å². The van der Waals surface area contributed by atoms with Gasteiger partial charge in [0.05, 0.1) is 10.6 Å². The summed E-state index contributed by atoms with van der Waals surface area (Å²) >= 11 is 6.14. The van der Waals surface area contributed by atoms with Crippen molar-refractivity contribution in [1.82, 2.24) is 9.55 Å². The number of nitrogens with zero attached hydrogens (tertiary/aromatic N) is 1. The van der Waals surface area contributed by atoms with Crippen LogP contribution < -0.4 is 20.7 Å². The van der Waals surface area contributed by atoms with Gasteiger partial charge in [-0.2, -0.15) is 13.2 Å². The van der Waals surface area contributed by atoms with Gasteiger partial charge in [-0.1, -0.05) is 30.2 Å². The van der Waals surface area contributed by atoms with Crippen LogP contribution in [0.15, 0.2) is 46.0 Å². The number of hydrogen-bond acceptors (Lipinski definition) is 7. The molecule has 1 saturated carbocycles. The molecular formula is C27H25ClF4N2O7. The Morgan fingerprint density at radius 1 is 1.07 bits per heavy atom. The Hall–Kier alpha value is -3.84. The predicted octanol–water partition coefficient (Wildman–Crippen LogP) is 5.57. The van der Waals surface area contributed by atoms with E-state index in [4.69, 9.17) is 30.5 Å². The summed E-state index contributed by atoms with van der Waals surface area (Å²) in [6, 6.07) is 7.37. The molecule has 2 aromatic carbocycles. The molecule has 220 valence electrons. The van der Waals surface area contributed by atoms with Crippen molar-refractivity contribution < 1.29 is 41.3 Å². The molecule has 1 aliphatic rings. The summed E-state index contributed by atoms with van der Waals surface area (Å²) in [7, 11) is 2.03. The molecule has 41 heavy (non-hydrogen) atoms. The summed E-state index contributed by atoms with van der Waals surface area (Å²) in [5.74, 6) is -2.47. The van der Waals surface area contributed by atoms with Gasteiger partial charge in [-0.05, 0) is 49.9 Å². The molecule has 1 aromatic heterocycles. The number of carbonyl (C=O) groups excluding carboxylic acids is 1. The summed E-state index contributed by atoms with van der Waals surface area (Å²) in [6.45, 7) is 0. The van der Waals surface area contributed by atoms with Crippen LogP contribution in [0.1, 0.15) is 37.8 Å². The molecule has 9 nitrogen and oxygen atoms in total. The van der Waals surface area contributed by atoms with Gasteiger partial charge in [0.1, 0.15) is 23.4 Å². The highest BCUT2D eigenvalue weighted by molar-refractivity contribution is 6.32. The fourth-order valence-corrected chi connectivity index (χ4v) is 4.65. The van der Waals surface area contributed by atoms with Gasteiger partial charge in [0.25, 0.3) is 11.8 Å². The summed E-state index contributed by atoms with van der Waals surface area (Å²) < 4.78 is 78.9. The standard InChI is InChI=1S/C27H25ClF4N2O7/c1-34-22(27(30,31)32)21(23(35)33-26(34)37)15-12-20(16(28)13-17(15)29)40-18-10-6-7-11-19(18)41-25(38-2)24(36)39-14-8-4-3-5-9-14/h6-7,10-14,25H,3-5,8-9H2,1-2H3,(H,33,35,37). The van der Waals surface area contributed by atoms with Gasteiger partial charge in [0.15, 0.2) is 11.5 Å². The minimum Gasteiger partial charge on any atom is -0.458 e. The minimum atomic E-state index is -5.19. The van der Waals surface area contributed by atoms with Crippen LogP contribution in [-0.2, 0) is 27.5 Å². The lowest BCUT2D eigenvalue weighted by Crippen LogP contribution is -2.35. The van der Waals surface area contributed by atoms with E-state index in [0.29, 0.717) is 6.07 Å². The van der Waals surface area contributed by atoms with Crippen LogP contribution in [-0.4, -0.2) is 35.0 Å². The number of para-hydroxylation sites is 2. The van der Waals surface area contributed by atoms with E-state index in [1.54, 1.807) is 11.1 Å². The highest BCUT2D eigenvalue weighted by Crippen LogP contribution is 2.41. The van der Waals surface area contributed by atoms with E-state index in [1.807, 2.05) is 0 Å². The molecule has 1 N–H and O–H groups in total. The van der Waals surface area contributed by atoms with E-state index in [1.165, 1.54) is 25.3 Å². The summed E-state index contributed by atoms with van der Waals surface area (Å²) in [5.41, 5.74) is -6.43. The normalized spacial score (nSPS) is 14.9. The van der Waals surface area contributed by atoms with Crippen LogP contribution in [0, 0.1) is 5.82 Å². The maximum absolute atomic E-state index is 15.0. The first kappa shape index (κ1) is 30.1. The number of nitrogens with one attached hydrogen (secondary N) is 1. The molecule has 1 fully saturated rings. The Bertz CT molecular complexity index is 1550. The third-order valence-corrected chi connectivity index (χ3v) is 6.72. The van der Waals surface area contributed by atoms with Gasteiger partial charge < -0.3 is 18.9 Å². The smallest absolute Gasteiger partial charge is 0.432 e. The lowest BCUT2D eigenvalue weighted by Gasteiger charge is -2.24. The van der Waals surface area contributed by atoms with Crippen LogP contribution in [0.3, 0.4) is 0 Å². The van der Waals surface area contributed by atoms with Crippen LogP contribution in [0.2, 0.25) is 5.02 Å². The average Bonchev–Trinajstić information content (AvgIpc) is 2.91. The third-order valence-electron chi connectivity index (χ3n) is 6.43. The number of aromatic nitrogens is 2. The number of H-pyrrole nitrogens is 1. The SMILES string of the molecule is COC(Oc1ccccc1Oc1cc(-c2c(C(F)(F)F)n(C)c(=O)[nH]c2=O)c(F)cc1Cl)C(=O)OC1CCCCC1. The lowest BCUT2D eigenvalue weighted by molar-refractivity contribution is -0.180. The lowest BCUT2D eigenvalue weighted by atomic mass is 9.98. The van der Waals surface area contributed by atoms with E-state index in [2.05, 4.69) is 0 Å². The van der Waals surface area contributed by atoms with E-state index >= 15 is 0 Å². The molecule has 1 unspecified atom stereocenters. The van der Waals surface area contributed by atoms with Crippen LogP contribution in [0.25, 0.3) is 11.1 Å². The molecule has 1 atom stereocenters. The van der Waals surface area contributed by atoms with Gasteiger partial charge in [0, 0.05) is 19.7 Å². The molecule has 0 amide bonds. The minimum absolute atomic E-state index is 0.0298. The van der Waals surface area contributed by atoms with Crippen LogP contribution in [0.5, 0.6) is 17.2 Å². The molecule has 0 radical (unpaired) electrons. The van der Waals surface area contributed by atoms with Crippen molar-refractivity contribution in [1.29, 1.82) is 0 Å². The topological polar surface area (TPSA) is 109 Å². The molecule has 0 spiro atoms. The first-order valence-corrected chi connectivity index (χ1v) is 12.8. The third kappa shape index (κ3) is 6.73. The fourth-order valence-electron chi connectivity index (χ4n) is 4.46. The summed E-state index contributed by atoms with van der Waals surface area (Å²) in [6.07, 6.45) is -2.55. The van der Waals surface area contributed by atoms with Crippen molar-refractivity contribution in [2.24, 2.45) is 7.05 Å². The van der Waals surface area contributed by atoms with E-state index in [9.17, 15) is 31.9 Å². The van der Waals surface area contributed by atoms with Crippen molar-refractivity contribution in [2.45, 2.75) is 50.7 Å². The van der Waals surface area contributed by atoms with Crippen molar-refractivity contribution in [2.75, 3.05) is 7.11 Å². The zero-order valence-electron chi connectivity index (χ0n) is 21.8. The van der Waals surface area contributed by atoms with Gasteiger partial charge in [0.2, 0.25) is 0 Å². The Kier molecular flexibility index (Phi) is 9.08. The highest BCUT2D eigenvalue weighted by Gasteiger charge is 2.39. The van der Waals surface area contributed by atoms with Crippen LogP contribution >= 0.6 is 11.6 Å². The Morgan fingerprint density at radius 3 is 2.37 bits per heavy atom. The highest BCUT2D eigenvalue weighted by atomic mass is 35.5. The number of alkyl halides is 3. The Balaban J connectivity index is 1.68. The number of methoxy groups -OCH3 is 1. The monoisotopic (exact) mass is 600 g/mol. The number of ether oxygens (including phenoxy) is 4. The predicted molar refractivity (Wildman–Crippen MR) is 139 cm³/mol. The molecule has 3 aromatic rings. The molecular weight excluding hydrogens is 576 g/mol. The zero-order valence-corrected chi connectivity index (χ0v) is 22.6. The Morgan fingerprint density at radius 2 is 1.73 bits per heavy atom. The van der Waals surface area contributed by atoms with Crippen molar-refractivity contribution >= 4 is 17.6 Å². The maximum atomic E-state index is 15.0. The number of hydrogen-bond donors (Lipinski definition) is 1. The first-order chi connectivity index (χ1) is 19.4. The summed E-state index contributed by atoms with van der Waals surface area (Å²) in [4.78, 5) is 38.8. The van der Waals surface area contributed by atoms with Gasteiger partial charge in [-0.3, -0.25) is 14.3 Å². The van der Waals surface area contributed by atoms with E-state index in [-0.39, 0.29) is 32.9 Å². The van der Waals surface area contributed by atoms with Crippen LogP contribution in [0.4, 0.5) is 17.6 Å². The fraction of sp³-hybridized carbons (Fsp3) is 0.370. The number of rotatable bonds is 8. The van der Waals surface area contributed by atoms with Crippen molar-refractivity contribution in [3.8, 4) is 28.4 Å². The Labute approximate surface area is 235 Å². The molecule has 0 saturated heterocycles. The molecule has 1 heterocycles. The largest absolute Gasteiger partial charge is 0.458 e. The quantitative estimate of drug-likeness (QED) is 0.204. The van der Waals surface area contributed by atoms with Gasteiger partial charge in [-0.25, -0.2) is 14.0 Å². The zero-order chi connectivity index (χ0) is 29.9. The second kappa shape index (κ2) is 12.4. The average molecular weight is 601 g/mol. The molecule has 0 bridgehead atoms. The van der Waals surface area contributed by atoms with E-state index in [0.717, 1.165) is 45.2 Å². The first-order valence-electron chi connectivity index (χ1n) is 12.5. The number of carbonyl (C=O) groups is 1. The second-order valence-electron chi connectivity index (χ2n) is 9.23. The van der Waals surface area contributed by atoms with Gasteiger partial charge in [-0.15, -0.1) is 0 Å². The van der Waals surface area contributed by atoms with Gasteiger partial charge >= 0.3 is 17.8 Å². The second-order valence-corrected chi connectivity index (χ2v) is 9.64. The van der Waals surface area contributed by atoms with Crippen molar-refractivity contribution in [3.05, 3.63) is 73.8 Å². The molecule has 4 rings (SSSR count). The van der Waals surface area contributed by atoms with E-state index < -0.39 is 52.3 Å². The number of esters is 1. The molecule has 0 aliphatic heterocycles.